The predicted octanol–water partition coefficient (Wildman–Crippen LogP) is 4.51. The SMILES string of the molecule is C[C@H](Oc1ccc(Br)cc1)C(=O)N[C@@H](c1ccc(Cl)cc1)c1nccn1C. The van der Waals surface area contributed by atoms with Gasteiger partial charge in [0, 0.05) is 28.9 Å². The van der Waals surface area contributed by atoms with Crippen molar-refractivity contribution in [2.24, 2.45) is 7.05 Å². The third kappa shape index (κ3) is 4.90. The van der Waals surface area contributed by atoms with E-state index in [0.717, 1.165) is 15.9 Å². The van der Waals surface area contributed by atoms with Gasteiger partial charge in [-0.25, -0.2) is 4.98 Å². The van der Waals surface area contributed by atoms with E-state index >= 15 is 0 Å². The number of carbonyl (C=O) groups excluding carboxylic acids is 1. The summed E-state index contributed by atoms with van der Waals surface area (Å²) >= 11 is 9.38. The molecule has 0 bridgehead atoms. The van der Waals surface area contributed by atoms with Gasteiger partial charge in [0.1, 0.15) is 17.6 Å². The van der Waals surface area contributed by atoms with Crippen LogP contribution in [0.2, 0.25) is 5.02 Å². The van der Waals surface area contributed by atoms with Gasteiger partial charge in [0.2, 0.25) is 0 Å². The number of hydrogen-bond donors (Lipinski definition) is 1. The highest BCUT2D eigenvalue weighted by Crippen LogP contribution is 2.23. The number of imidazole rings is 1. The standard InChI is InChI=1S/C20H19BrClN3O2/c1-13(27-17-9-5-15(21)6-10-17)20(26)24-18(19-23-11-12-25(19)2)14-3-7-16(22)8-4-14/h3-13,18H,1-2H3,(H,24,26)/t13-,18-/m0/s1. The van der Waals surface area contributed by atoms with E-state index < -0.39 is 12.1 Å². The van der Waals surface area contributed by atoms with E-state index in [1.54, 1.807) is 25.3 Å². The number of ether oxygens (including phenoxy) is 1. The van der Waals surface area contributed by atoms with Gasteiger partial charge < -0.3 is 14.6 Å². The van der Waals surface area contributed by atoms with Gasteiger partial charge in [0.25, 0.3) is 5.91 Å². The van der Waals surface area contributed by atoms with E-state index in [2.05, 4.69) is 26.2 Å². The Kier molecular flexibility index (Phi) is 6.19. The lowest BCUT2D eigenvalue weighted by molar-refractivity contribution is -0.127. The summed E-state index contributed by atoms with van der Waals surface area (Å²) in [5.74, 6) is 1.11. The maximum atomic E-state index is 12.8. The van der Waals surface area contributed by atoms with Crippen LogP contribution in [-0.2, 0) is 11.8 Å². The Balaban J connectivity index is 1.78. The molecule has 5 nitrogen and oxygen atoms in total. The van der Waals surface area contributed by atoms with Crippen molar-refractivity contribution in [2.45, 2.75) is 19.1 Å². The molecule has 3 aromatic rings. The highest BCUT2D eigenvalue weighted by atomic mass is 79.9. The van der Waals surface area contributed by atoms with E-state index in [-0.39, 0.29) is 5.91 Å². The first-order valence-electron chi connectivity index (χ1n) is 8.39. The Morgan fingerprint density at radius 3 is 2.44 bits per heavy atom. The number of carbonyl (C=O) groups is 1. The zero-order chi connectivity index (χ0) is 19.4. The van der Waals surface area contributed by atoms with Gasteiger partial charge in [-0.1, -0.05) is 39.7 Å². The van der Waals surface area contributed by atoms with Crippen molar-refractivity contribution >= 4 is 33.4 Å². The van der Waals surface area contributed by atoms with Crippen molar-refractivity contribution in [1.29, 1.82) is 0 Å². The Bertz CT molecular complexity index is 910. The second-order valence-electron chi connectivity index (χ2n) is 6.10. The number of nitrogens with one attached hydrogen (secondary N) is 1. The fourth-order valence-electron chi connectivity index (χ4n) is 2.64. The first-order valence-corrected chi connectivity index (χ1v) is 9.56. The molecule has 0 aliphatic rings. The number of aromatic nitrogens is 2. The number of aryl methyl sites for hydroxylation is 1. The maximum absolute atomic E-state index is 12.8. The fourth-order valence-corrected chi connectivity index (χ4v) is 3.03. The predicted molar refractivity (Wildman–Crippen MR) is 109 cm³/mol. The summed E-state index contributed by atoms with van der Waals surface area (Å²) in [5.41, 5.74) is 0.887. The molecule has 1 N–H and O–H groups in total. The highest BCUT2D eigenvalue weighted by molar-refractivity contribution is 9.10. The molecule has 2 aromatic carbocycles. The molecular weight excluding hydrogens is 430 g/mol. The van der Waals surface area contributed by atoms with Crippen LogP contribution < -0.4 is 10.1 Å². The van der Waals surface area contributed by atoms with E-state index in [1.165, 1.54) is 0 Å². The Morgan fingerprint density at radius 1 is 1.19 bits per heavy atom. The van der Waals surface area contributed by atoms with Crippen molar-refractivity contribution in [2.75, 3.05) is 0 Å². The fraction of sp³-hybridized carbons (Fsp3) is 0.200. The molecule has 0 saturated carbocycles. The first-order chi connectivity index (χ1) is 12.9. The largest absolute Gasteiger partial charge is 0.481 e. The van der Waals surface area contributed by atoms with Gasteiger partial charge in [-0.3, -0.25) is 4.79 Å². The van der Waals surface area contributed by atoms with Gasteiger partial charge in [-0.05, 0) is 48.9 Å². The number of halogens is 2. The van der Waals surface area contributed by atoms with Crippen molar-refractivity contribution in [3.63, 3.8) is 0 Å². The topological polar surface area (TPSA) is 56.1 Å². The molecule has 0 unspecified atom stereocenters. The summed E-state index contributed by atoms with van der Waals surface area (Å²) < 4.78 is 8.58. The van der Waals surface area contributed by atoms with Crippen LogP contribution in [0.5, 0.6) is 5.75 Å². The zero-order valence-corrected chi connectivity index (χ0v) is 17.2. The van der Waals surface area contributed by atoms with Crippen molar-refractivity contribution in [3.05, 3.63) is 81.8 Å². The van der Waals surface area contributed by atoms with Crippen LogP contribution >= 0.6 is 27.5 Å². The molecule has 7 heteroatoms. The average Bonchev–Trinajstić information content (AvgIpc) is 3.08. The second-order valence-corrected chi connectivity index (χ2v) is 7.46. The van der Waals surface area contributed by atoms with Crippen LogP contribution in [-0.4, -0.2) is 21.6 Å². The van der Waals surface area contributed by atoms with Gasteiger partial charge in [0.15, 0.2) is 6.10 Å². The summed E-state index contributed by atoms with van der Waals surface area (Å²) in [5, 5.41) is 3.66. The lowest BCUT2D eigenvalue weighted by atomic mass is 10.1. The van der Waals surface area contributed by atoms with Crippen LogP contribution in [0.25, 0.3) is 0 Å². The Morgan fingerprint density at radius 2 is 1.85 bits per heavy atom. The summed E-state index contributed by atoms with van der Waals surface area (Å²) in [6, 6.07) is 14.3. The van der Waals surface area contributed by atoms with E-state index in [4.69, 9.17) is 16.3 Å². The molecule has 1 heterocycles. The average molecular weight is 449 g/mol. The van der Waals surface area contributed by atoms with E-state index in [9.17, 15) is 4.79 Å². The highest BCUT2D eigenvalue weighted by Gasteiger charge is 2.24. The minimum Gasteiger partial charge on any atom is -0.481 e. The molecule has 0 aliphatic carbocycles. The quantitative estimate of drug-likeness (QED) is 0.604. The molecule has 0 radical (unpaired) electrons. The molecule has 0 aliphatic heterocycles. The van der Waals surface area contributed by atoms with Crippen molar-refractivity contribution < 1.29 is 9.53 Å². The monoisotopic (exact) mass is 447 g/mol. The number of amides is 1. The van der Waals surface area contributed by atoms with Crippen LogP contribution in [0.15, 0.2) is 65.4 Å². The van der Waals surface area contributed by atoms with E-state index in [0.29, 0.717) is 10.8 Å². The van der Waals surface area contributed by atoms with E-state index in [1.807, 2.05) is 54.2 Å². The molecule has 0 fully saturated rings. The van der Waals surface area contributed by atoms with Gasteiger partial charge in [-0.15, -0.1) is 0 Å². The van der Waals surface area contributed by atoms with Crippen LogP contribution in [0, 0.1) is 0 Å². The molecule has 0 saturated heterocycles. The van der Waals surface area contributed by atoms with Crippen molar-refractivity contribution in [3.8, 4) is 5.75 Å². The van der Waals surface area contributed by atoms with Gasteiger partial charge in [-0.2, -0.15) is 0 Å². The second kappa shape index (κ2) is 8.59. The molecule has 1 aromatic heterocycles. The molecular formula is C20H19BrClN3O2. The normalized spacial score (nSPS) is 13.0. The minimum absolute atomic E-state index is 0.235. The summed E-state index contributed by atoms with van der Waals surface area (Å²) in [4.78, 5) is 17.2. The smallest absolute Gasteiger partial charge is 0.261 e. The summed E-state index contributed by atoms with van der Waals surface area (Å²) in [7, 11) is 1.89. The molecule has 2 atom stereocenters. The number of nitrogens with zero attached hydrogens (tertiary/aromatic N) is 2. The number of rotatable bonds is 6. The first kappa shape index (κ1) is 19.5. The molecule has 3 rings (SSSR count). The van der Waals surface area contributed by atoms with Crippen LogP contribution in [0.3, 0.4) is 0 Å². The third-order valence-corrected chi connectivity index (χ3v) is 4.88. The van der Waals surface area contributed by atoms with Crippen molar-refractivity contribution in [1.82, 2.24) is 14.9 Å². The summed E-state index contributed by atoms with van der Waals surface area (Å²) in [6.07, 6.45) is 2.87. The minimum atomic E-state index is -0.666. The molecule has 27 heavy (non-hydrogen) atoms. The maximum Gasteiger partial charge on any atom is 0.261 e. The lowest BCUT2D eigenvalue weighted by Crippen LogP contribution is -2.39. The van der Waals surface area contributed by atoms with Gasteiger partial charge >= 0.3 is 0 Å². The Labute approximate surface area is 171 Å². The third-order valence-electron chi connectivity index (χ3n) is 4.10. The van der Waals surface area contributed by atoms with Crippen LogP contribution in [0.4, 0.5) is 0 Å². The summed E-state index contributed by atoms with van der Waals surface area (Å²) in [6.45, 7) is 1.72. The number of hydrogen-bond acceptors (Lipinski definition) is 3. The Hall–Kier alpha value is -2.31. The number of benzene rings is 2. The molecule has 0 spiro atoms. The zero-order valence-electron chi connectivity index (χ0n) is 14.9. The lowest BCUT2D eigenvalue weighted by Gasteiger charge is -2.22. The molecule has 1 amide bonds. The molecule has 140 valence electrons. The van der Waals surface area contributed by atoms with Crippen LogP contribution in [0.1, 0.15) is 24.4 Å². The van der Waals surface area contributed by atoms with Gasteiger partial charge in [0.05, 0.1) is 0 Å².